The summed E-state index contributed by atoms with van der Waals surface area (Å²) in [6.07, 6.45) is 5.38. The maximum absolute atomic E-state index is 4.65. The molecule has 1 aliphatic rings. The first kappa shape index (κ1) is 15.0. The third-order valence-corrected chi connectivity index (χ3v) is 3.89. The Morgan fingerprint density at radius 2 is 2.10 bits per heavy atom. The lowest BCUT2D eigenvalue weighted by Gasteiger charge is -2.32. The van der Waals surface area contributed by atoms with Crippen molar-refractivity contribution in [1.82, 2.24) is 15.3 Å². The molecule has 0 atom stereocenters. The molecule has 1 N–H and O–H groups in total. The molecule has 20 heavy (non-hydrogen) atoms. The maximum Gasteiger partial charge on any atom is 0.225 e. The standard InChI is InChI=1S/C16H26N4/c1-12-13(10-17-5)11-18-15(19-12)20-8-6-14(7-9-20)16(2,3)4/h6,11,17H,7-10H2,1-5H3. The van der Waals surface area contributed by atoms with Gasteiger partial charge in [-0.15, -0.1) is 0 Å². The number of aryl methyl sites for hydroxylation is 1. The molecule has 1 aromatic heterocycles. The Hall–Kier alpha value is -1.42. The monoisotopic (exact) mass is 274 g/mol. The molecule has 0 fully saturated rings. The Kier molecular flexibility index (Phi) is 4.43. The van der Waals surface area contributed by atoms with Crippen molar-refractivity contribution >= 4 is 5.95 Å². The molecule has 0 spiro atoms. The van der Waals surface area contributed by atoms with E-state index in [1.165, 1.54) is 11.1 Å². The summed E-state index contributed by atoms with van der Waals surface area (Å²) in [5, 5.41) is 3.14. The summed E-state index contributed by atoms with van der Waals surface area (Å²) in [6.45, 7) is 11.6. The van der Waals surface area contributed by atoms with E-state index >= 15 is 0 Å². The van der Waals surface area contributed by atoms with Gasteiger partial charge >= 0.3 is 0 Å². The van der Waals surface area contributed by atoms with Gasteiger partial charge in [-0.1, -0.05) is 32.4 Å². The molecule has 4 nitrogen and oxygen atoms in total. The number of nitrogens with one attached hydrogen (secondary N) is 1. The number of nitrogens with zero attached hydrogens (tertiary/aromatic N) is 3. The summed E-state index contributed by atoms with van der Waals surface area (Å²) in [7, 11) is 1.94. The van der Waals surface area contributed by atoms with Gasteiger partial charge in [0.15, 0.2) is 0 Å². The van der Waals surface area contributed by atoms with Crippen LogP contribution in [0.4, 0.5) is 5.95 Å². The molecule has 0 amide bonds. The molecule has 1 aliphatic heterocycles. The fourth-order valence-electron chi connectivity index (χ4n) is 2.53. The van der Waals surface area contributed by atoms with Crippen molar-refractivity contribution in [3.63, 3.8) is 0 Å². The normalized spacial score (nSPS) is 16.2. The van der Waals surface area contributed by atoms with Gasteiger partial charge in [0.05, 0.1) is 0 Å². The molecule has 110 valence electrons. The van der Waals surface area contributed by atoms with E-state index in [0.29, 0.717) is 0 Å². The summed E-state index contributed by atoms with van der Waals surface area (Å²) >= 11 is 0. The summed E-state index contributed by atoms with van der Waals surface area (Å²) < 4.78 is 0. The summed E-state index contributed by atoms with van der Waals surface area (Å²) in [5.74, 6) is 0.853. The Bertz CT molecular complexity index is 500. The largest absolute Gasteiger partial charge is 0.337 e. The average molecular weight is 274 g/mol. The third-order valence-electron chi connectivity index (χ3n) is 3.89. The van der Waals surface area contributed by atoms with Crippen molar-refractivity contribution < 1.29 is 0 Å². The molecule has 0 bridgehead atoms. The van der Waals surface area contributed by atoms with Crippen LogP contribution >= 0.6 is 0 Å². The van der Waals surface area contributed by atoms with Crippen molar-refractivity contribution in [1.29, 1.82) is 0 Å². The highest BCUT2D eigenvalue weighted by molar-refractivity contribution is 5.37. The van der Waals surface area contributed by atoms with E-state index in [4.69, 9.17) is 0 Å². The van der Waals surface area contributed by atoms with Gasteiger partial charge in [0.1, 0.15) is 0 Å². The van der Waals surface area contributed by atoms with Gasteiger partial charge in [-0.3, -0.25) is 0 Å². The van der Waals surface area contributed by atoms with Crippen molar-refractivity contribution in [3.05, 3.63) is 29.1 Å². The molecule has 2 rings (SSSR count). The zero-order valence-electron chi connectivity index (χ0n) is 13.3. The molecule has 1 aromatic rings. The maximum atomic E-state index is 4.65. The van der Waals surface area contributed by atoms with E-state index in [9.17, 15) is 0 Å². The number of aromatic nitrogens is 2. The Labute approximate surface area is 122 Å². The van der Waals surface area contributed by atoms with Crippen molar-refractivity contribution in [2.45, 2.75) is 40.7 Å². The van der Waals surface area contributed by atoms with E-state index < -0.39 is 0 Å². The van der Waals surface area contributed by atoms with E-state index in [1.54, 1.807) is 0 Å². The van der Waals surface area contributed by atoms with Crippen molar-refractivity contribution in [2.75, 3.05) is 25.0 Å². The molecule has 4 heteroatoms. The fourth-order valence-corrected chi connectivity index (χ4v) is 2.53. The van der Waals surface area contributed by atoms with Crippen LogP contribution in [0, 0.1) is 12.3 Å². The van der Waals surface area contributed by atoms with Gasteiger partial charge in [-0.2, -0.15) is 0 Å². The smallest absolute Gasteiger partial charge is 0.225 e. The lowest BCUT2D eigenvalue weighted by atomic mass is 9.83. The first-order valence-corrected chi connectivity index (χ1v) is 7.33. The minimum atomic E-state index is 0.277. The van der Waals surface area contributed by atoms with Crippen LogP contribution in [0.2, 0.25) is 0 Å². The number of hydrogen-bond acceptors (Lipinski definition) is 4. The van der Waals surface area contributed by atoms with Gasteiger partial charge in [0.25, 0.3) is 0 Å². The molecule has 0 aromatic carbocycles. The first-order chi connectivity index (χ1) is 9.41. The minimum Gasteiger partial charge on any atom is -0.337 e. The third kappa shape index (κ3) is 3.37. The molecule has 0 saturated heterocycles. The van der Waals surface area contributed by atoms with Crippen LogP contribution in [-0.2, 0) is 6.54 Å². The number of anilines is 1. The Balaban J connectivity index is 2.11. The quantitative estimate of drug-likeness (QED) is 0.860. The predicted molar refractivity (Wildman–Crippen MR) is 83.9 cm³/mol. The van der Waals surface area contributed by atoms with Crippen LogP contribution in [-0.4, -0.2) is 30.1 Å². The van der Waals surface area contributed by atoms with Crippen LogP contribution in [0.1, 0.15) is 38.4 Å². The van der Waals surface area contributed by atoms with Crippen LogP contribution < -0.4 is 10.2 Å². The highest BCUT2D eigenvalue weighted by Crippen LogP contribution is 2.30. The summed E-state index contributed by atoms with van der Waals surface area (Å²) in [5.41, 5.74) is 4.05. The van der Waals surface area contributed by atoms with Crippen molar-refractivity contribution in [3.8, 4) is 0 Å². The average Bonchev–Trinajstić information content (AvgIpc) is 2.40. The van der Waals surface area contributed by atoms with E-state index in [2.05, 4.69) is 54.0 Å². The zero-order chi connectivity index (χ0) is 14.8. The van der Waals surface area contributed by atoms with Gasteiger partial charge < -0.3 is 10.2 Å². The van der Waals surface area contributed by atoms with Crippen LogP contribution in [0.3, 0.4) is 0 Å². The topological polar surface area (TPSA) is 41.1 Å². The van der Waals surface area contributed by atoms with Gasteiger partial charge in [0, 0.05) is 37.1 Å². The summed E-state index contributed by atoms with van der Waals surface area (Å²) in [4.78, 5) is 11.4. The highest BCUT2D eigenvalue weighted by Gasteiger charge is 2.22. The second-order valence-corrected chi connectivity index (χ2v) is 6.49. The molecule has 0 radical (unpaired) electrons. The lowest BCUT2D eigenvalue weighted by molar-refractivity contribution is 0.471. The number of hydrogen-bond donors (Lipinski definition) is 1. The van der Waals surface area contributed by atoms with Gasteiger partial charge in [-0.25, -0.2) is 9.97 Å². The number of rotatable bonds is 3. The zero-order valence-corrected chi connectivity index (χ0v) is 13.3. The molecule has 0 saturated carbocycles. The second-order valence-electron chi connectivity index (χ2n) is 6.49. The molecule has 2 heterocycles. The molecular weight excluding hydrogens is 248 g/mol. The minimum absolute atomic E-state index is 0.277. The first-order valence-electron chi connectivity index (χ1n) is 7.33. The summed E-state index contributed by atoms with van der Waals surface area (Å²) in [6, 6.07) is 0. The molecule has 0 aliphatic carbocycles. The van der Waals surface area contributed by atoms with E-state index in [0.717, 1.165) is 37.7 Å². The van der Waals surface area contributed by atoms with Crippen molar-refractivity contribution in [2.24, 2.45) is 5.41 Å². The fraction of sp³-hybridized carbons (Fsp3) is 0.625. The molecule has 0 unspecified atom stereocenters. The van der Waals surface area contributed by atoms with Gasteiger partial charge in [-0.05, 0) is 25.8 Å². The van der Waals surface area contributed by atoms with Crippen LogP contribution in [0.25, 0.3) is 0 Å². The SMILES string of the molecule is CNCc1cnc(N2CC=C(C(C)(C)C)CC2)nc1C. The van der Waals surface area contributed by atoms with Crippen LogP contribution in [0.5, 0.6) is 0 Å². The Morgan fingerprint density at radius 3 is 2.60 bits per heavy atom. The predicted octanol–water partition coefficient (Wildman–Crippen LogP) is 2.69. The molecular formula is C16H26N4. The van der Waals surface area contributed by atoms with E-state index in [-0.39, 0.29) is 5.41 Å². The highest BCUT2D eigenvalue weighted by atomic mass is 15.2. The van der Waals surface area contributed by atoms with Crippen LogP contribution in [0.15, 0.2) is 17.8 Å². The second kappa shape index (κ2) is 5.92. The van der Waals surface area contributed by atoms with E-state index in [1.807, 2.05) is 13.2 Å². The Morgan fingerprint density at radius 1 is 1.35 bits per heavy atom. The van der Waals surface area contributed by atoms with Gasteiger partial charge in [0.2, 0.25) is 5.95 Å². The lowest BCUT2D eigenvalue weighted by Crippen LogP contribution is -2.32.